The van der Waals surface area contributed by atoms with Crippen LogP contribution in [0.5, 0.6) is 0 Å². The fourth-order valence-corrected chi connectivity index (χ4v) is 5.43. The van der Waals surface area contributed by atoms with Crippen LogP contribution in [0.4, 0.5) is 0 Å². The van der Waals surface area contributed by atoms with Crippen LogP contribution in [0, 0.1) is 0 Å². The number of ketones is 3. The zero-order chi connectivity index (χ0) is 18.3. The van der Waals surface area contributed by atoms with Gasteiger partial charge in [0, 0.05) is 11.1 Å². The van der Waals surface area contributed by atoms with Gasteiger partial charge in [0.05, 0.1) is 20.9 Å². The predicted molar refractivity (Wildman–Crippen MR) is 102 cm³/mol. The van der Waals surface area contributed by atoms with Crippen LogP contribution in [-0.2, 0) is 0 Å². The molecule has 0 bridgehead atoms. The molecule has 0 saturated heterocycles. The number of Topliss-reactive ketones (excluding diaryl/α,β-unsaturated/α-hetero) is 2. The Kier molecular flexibility index (Phi) is 4.38. The maximum absolute atomic E-state index is 13.1. The van der Waals surface area contributed by atoms with Crippen molar-refractivity contribution in [1.82, 2.24) is 0 Å². The van der Waals surface area contributed by atoms with E-state index < -0.39 is 11.6 Å². The second-order valence-corrected chi connectivity index (χ2v) is 8.21. The zero-order valence-electron chi connectivity index (χ0n) is 13.9. The van der Waals surface area contributed by atoms with E-state index >= 15 is 0 Å². The van der Waals surface area contributed by atoms with Gasteiger partial charge in [0.15, 0.2) is 5.76 Å². The second kappa shape index (κ2) is 6.70. The van der Waals surface area contributed by atoms with Crippen molar-refractivity contribution in [1.29, 1.82) is 0 Å². The summed E-state index contributed by atoms with van der Waals surface area (Å²) >= 11 is 2.77. The van der Waals surface area contributed by atoms with Crippen molar-refractivity contribution < 1.29 is 18.8 Å². The summed E-state index contributed by atoms with van der Waals surface area (Å²) in [6.07, 6.45) is 2.39. The van der Waals surface area contributed by atoms with Crippen LogP contribution in [0.3, 0.4) is 0 Å². The molecule has 0 N–H and O–H groups in total. The van der Waals surface area contributed by atoms with Crippen molar-refractivity contribution in [2.45, 2.75) is 17.6 Å². The molecule has 26 heavy (non-hydrogen) atoms. The molecule has 0 spiro atoms. The van der Waals surface area contributed by atoms with Crippen molar-refractivity contribution in [3.63, 3.8) is 0 Å². The van der Waals surface area contributed by atoms with E-state index in [-0.39, 0.29) is 11.5 Å². The van der Waals surface area contributed by atoms with Crippen molar-refractivity contribution in [2.75, 3.05) is 5.75 Å². The van der Waals surface area contributed by atoms with E-state index in [1.165, 1.54) is 29.4 Å². The molecule has 4 nitrogen and oxygen atoms in total. The summed E-state index contributed by atoms with van der Waals surface area (Å²) in [6.45, 7) is 2.05. The first-order valence-corrected chi connectivity index (χ1v) is 10.00. The minimum Gasteiger partial charge on any atom is -0.461 e. The normalized spacial score (nSPS) is 12.8. The van der Waals surface area contributed by atoms with Gasteiger partial charge in [-0.1, -0.05) is 31.2 Å². The molecule has 0 atom stereocenters. The summed E-state index contributed by atoms with van der Waals surface area (Å²) < 4.78 is 6.06. The molecular formula is C20H14O4S2. The molecule has 4 rings (SSSR count). The Morgan fingerprint density at radius 3 is 2.54 bits per heavy atom. The van der Waals surface area contributed by atoms with Crippen LogP contribution in [0.1, 0.15) is 49.5 Å². The summed E-state index contributed by atoms with van der Waals surface area (Å²) in [7, 11) is 0. The molecule has 1 aliphatic carbocycles. The van der Waals surface area contributed by atoms with Gasteiger partial charge < -0.3 is 4.42 Å². The number of carbonyl (C=O) groups excluding carboxylic acids is 3. The van der Waals surface area contributed by atoms with E-state index in [2.05, 4.69) is 6.92 Å². The number of thioether (sulfide) groups is 1. The largest absolute Gasteiger partial charge is 0.461 e. The minimum atomic E-state index is -0.541. The van der Waals surface area contributed by atoms with Crippen LogP contribution in [0.15, 0.2) is 51.3 Å². The van der Waals surface area contributed by atoms with Crippen molar-refractivity contribution in [2.24, 2.45) is 0 Å². The van der Waals surface area contributed by atoms with E-state index in [9.17, 15) is 14.4 Å². The summed E-state index contributed by atoms with van der Waals surface area (Å²) in [5.41, 5.74) is 2.02. The number of furan rings is 1. The highest BCUT2D eigenvalue weighted by molar-refractivity contribution is 8.01. The number of hydrogen-bond donors (Lipinski definition) is 0. The van der Waals surface area contributed by atoms with Gasteiger partial charge in [-0.25, -0.2) is 0 Å². The maximum Gasteiger partial charge on any atom is 0.244 e. The van der Waals surface area contributed by atoms with Gasteiger partial charge in [-0.05, 0) is 29.9 Å². The van der Waals surface area contributed by atoms with E-state index in [4.69, 9.17) is 4.42 Å². The first kappa shape index (κ1) is 17.0. The standard InChI is InChI=1S/C20H14O4S2/c1-2-10-25-20-15(17(22)13-8-5-9-24-13)14-11-6-3-4-7-12(11)16(21)18(23)19(14)26-20/h3-9H,2,10H2,1H3. The Morgan fingerprint density at radius 1 is 1.08 bits per heavy atom. The molecule has 0 amide bonds. The second-order valence-electron chi connectivity index (χ2n) is 5.83. The summed E-state index contributed by atoms with van der Waals surface area (Å²) in [4.78, 5) is 38.6. The highest BCUT2D eigenvalue weighted by Crippen LogP contribution is 2.46. The van der Waals surface area contributed by atoms with Crippen molar-refractivity contribution in [3.8, 4) is 11.1 Å². The first-order valence-electron chi connectivity index (χ1n) is 8.19. The molecule has 1 aliphatic rings. The molecule has 130 valence electrons. The van der Waals surface area contributed by atoms with Gasteiger partial charge in [0.2, 0.25) is 17.3 Å². The summed E-state index contributed by atoms with van der Waals surface area (Å²) in [5, 5.41) is 0. The molecular weight excluding hydrogens is 368 g/mol. The lowest BCUT2D eigenvalue weighted by Crippen LogP contribution is -2.20. The van der Waals surface area contributed by atoms with Gasteiger partial charge in [0.1, 0.15) is 0 Å². The Bertz CT molecular complexity index is 1030. The fourth-order valence-electron chi connectivity index (χ4n) is 2.99. The van der Waals surface area contributed by atoms with Gasteiger partial charge in [-0.3, -0.25) is 14.4 Å². The average Bonchev–Trinajstić information content (AvgIpc) is 3.32. The van der Waals surface area contributed by atoms with Crippen molar-refractivity contribution >= 4 is 40.4 Å². The highest BCUT2D eigenvalue weighted by atomic mass is 32.2. The lowest BCUT2D eigenvalue weighted by atomic mass is 9.86. The number of thiophene rings is 1. The van der Waals surface area contributed by atoms with Crippen LogP contribution in [0.2, 0.25) is 0 Å². The number of fused-ring (bicyclic) bond motifs is 3. The van der Waals surface area contributed by atoms with Crippen LogP contribution >= 0.6 is 23.1 Å². The SMILES string of the molecule is CCCSc1sc2c(c1C(=O)c1ccco1)-c1ccccc1C(=O)C2=O. The Balaban J connectivity index is 1.99. The number of carbonyl (C=O) groups is 3. The number of benzene rings is 1. The topological polar surface area (TPSA) is 64.3 Å². The third-order valence-electron chi connectivity index (χ3n) is 4.14. The first-order chi connectivity index (χ1) is 12.6. The van der Waals surface area contributed by atoms with Crippen molar-refractivity contribution in [3.05, 3.63) is 64.4 Å². The Hall–Kier alpha value is -2.44. The monoisotopic (exact) mass is 382 g/mol. The molecule has 0 unspecified atom stereocenters. The molecule has 0 aliphatic heterocycles. The number of rotatable bonds is 5. The average molecular weight is 382 g/mol. The van der Waals surface area contributed by atoms with Crippen LogP contribution < -0.4 is 0 Å². The Labute approximate surface area is 158 Å². The van der Waals surface area contributed by atoms with Gasteiger partial charge in [-0.15, -0.1) is 23.1 Å². The fraction of sp³-hybridized carbons (Fsp3) is 0.150. The lowest BCUT2D eigenvalue weighted by Gasteiger charge is -2.15. The minimum absolute atomic E-state index is 0.228. The molecule has 0 radical (unpaired) electrons. The van der Waals surface area contributed by atoms with E-state index in [0.717, 1.165) is 16.4 Å². The smallest absolute Gasteiger partial charge is 0.244 e. The summed E-state index contributed by atoms with van der Waals surface area (Å²) in [5.74, 6) is -0.269. The van der Waals surface area contributed by atoms with Gasteiger partial charge in [-0.2, -0.15) is 0 Å². The lowest BCUT2D eigenvalue weighted by molar-refractivity contribution is 0.0817. The molecule has 6 heteroatoms. The van der Waals surface area contributed by atoms with Gasteiger partial charge >= 0.3 is 0 Å². The van der Waals surface area contributed by atoms with E-state index in [0.29, 0.717) is 27.1 Å². The molecule has 2 aromatic heterocycles. The third kappa shape index (κ3) is 2.57. The maximum atomic E-state index is 13.1. The predicted octanol–water partition coefficient (Wildman–Crippen LogP) is 5.12. The van der Waals surface area contributed by atoms with Crippen LogP contribution in [0.25, 0.3) is 11.1 Å². The molecule has 2 heterocycles. The molecule has 3 aromatic rings. The quantitative estimate of drug-likeness (QED) is 0.348. The van der Waals surface area contributed by atoms with E-state index in [1.807, 2.05) is 6.07 Å². The highest BCUT2D eigenvalue weighted by Gasteiger charge is 2.37. The molecule has 0 fully saturated rings. The molecule has 0 saturated carbocycles. The number of hydrogen-bond acceptors (Lipinski definition) is 6. The third-order valence-corrected chi connectivity index (χ3v) is 6.80. The van der Waals surface area contributed by atoms with Crippen LogP contribution in [-0.4, -0.2) is 23.1 Å². The molecule has 1 aromatic carbocycles. The summed E-state index contributed by atoms with van der Waals surface area (Å²) in [6, 6.07) is 10.2. The Morgan fingerprint density at radius 2 is 1.85 bits per heavy atom. The van der Waals surface area contributed by atoms with Gasteiger partial charge in [0.25, 0.3) is 0 Å². The zero-order valence-corrected chi connectivity index (χ0v) is 15.5. The van der Waals surface area contributed by atoms with E-state index in [1.54, 1.807) is 30.3 Å².